The number of hydrogen-bond donors (Lipinski definition) is 1. The van der Waals surface area contributed by atoms with E-state index in [9.17, 15) is 4.79 Å². The Morgan fingerprint density at radius 2 is 1.79 bits per heavy atom. The molecule has 1 fully saturated rings. The first-order chi connectivity index (χ1) is 11.2. The molecule has 0 aliphatic heterocycles. The number of anilines is 1. The zero-order valence-electron chi connectivity index (χ0n) is 15.1. The topological polar surface area (TPSA) is 41.6 Å². The van der Waals surface area contributed by atoms with Gasteiger partial charge < -0.3 is 15.0 Å². The molecule has 0 saturated heterocycles. The fraction of sp³-hybridized carbons (Fsp3) is 0.632. The lowest BCUT2D eigenvalue weighted by molar-refractivity contribution is 0.0488. The Kier molecular flexibility index (Phi) is 6.78. The quantitative estimate of drug-likeness (QED) is 0.678. The van der Waals surface area contributed by atoms with Crippen molar-refractivity contribution in [2.75, 3.05) is 18.5 Å². The fourth-order valence-corrected chi connectivity index (χ4v) is 3.51. The second-order valence-electron chi connectivity index (χ2n) is 7.72. The first-order valence-electron chi connectivity index (χ1n) is 8.69. The number of benzene rings is 1. The first-order valence-corrected chi connectivity index (χ1v) is 9.77. The molecule has 1 N–H and O–H groups in total. The van der Waals surface area contributed by atoms with Crippen LogP contribution in [0.4, 0.5) is 10.5 Å². The molecule has 1 amide bonds. The molecule has 1 aliphatic rings. The van der Waals surface area contributed by atoms with Crippen LogP contribution in [0.15, 0.2) is 24.3 Å². The van der Waals surface area contributed by atoms with Crippen LogP contribution in [0.5, 0.6) is 0 Å². The van der Waals surface area contributed by atoms with E-state index in [0.29, 0.717) is 5.92 Å². The molecule has 0 atom stereocenters. The highest BCUT2D eigenvalue weighted by Crippen LogP contribution is 2.27. The molecule has 0 bridgehead atoms. The van der Waals surface area contributed by atoms with Gasteiger partial charge in [-0.1, -0.05) is 0 Å². The SMILES string of the molecule is CN(C[C@H]1CC[C@H](NC(=O)OC(C)(C)C)CC1)c1ccc(I)cc1. The molecule has 1 saturated carbocycles. The molecule has 0 radical (unpaired) electrons. The summed E-state index contributed by atoms with van der Waals surface area (Å²) >= 11 is 2.33. The molecule has 134 valence electrons. The molecule has 0 spiro atoms. The van der Waals surface area contributed by atoms with Crippen LogP contribution in [-0.4, -0.2) is 31.3 Å². The number of carbonyl (C=O) groups excluding carboxylic acids is 1. The van der Waals surface area contributed by atoms with Gasteiger partial charge in [0.05, 0.1) is 0 Å². The summed E-state index contributed by atoms with van der Waals surface area (Å²) in [6.07, 6.45) is 4.07. The van der Waals surface area contributed by atoms with E-state index >= 15 is 0 Å². The Morgan fingerprint density at radius 3 is 2.33 bits per heavy atom. The van der Waals surface area contributed by atoms with Gasteiger partial charge in [-0.05, 0) is 99.2 Å². The van der Waals surface area contributed by atoms with Crippen LogP contribution in [0.1, 0.15) is 46.5 Å². The number of rotatable bonds is 4. The highest BCUT2D eigenvalue weighted by atomic mass is 127. The van der Waals surface area contributed by atoms with Gasteiger partial charge in [0.2, 0.25) is 0 Å². The summed E-state index contributed by atoms with van der Waals surface area (Å²) in [6, 6.07) is 8.90. The Bertz CT molecular complexity index is 531. The molecular weight excluding hydrogens is 415 g/mol. The maximum absolute atomic E-state index is 11.9. The lowest BCUT2D eigenvalue weighted by Crippen LogP contribution is -2.41. The normalized spacial score (nSPS) is 21.2. The van der Waals surface area contributed by atoms with Crippen molar-refractivity contribution >= 4 is 34.4 Å². The van der Waals surface area contributed by atoms with Gasteiger partial charge in [-0.2, -0.15) is 0 Å². The van der Waals surface area contributed by atoms with Crippen LogP contribution in [0, 0.1) is 9.49 Å². The first kappa shape index (κ1) is 19.3. The molecule has 2 rings (SSSR count). The number of ether oxygens (including phenoxy) is 1. The Labute approximate surface area is 159 Å². The van der Waals surface area contributed by atoms with Crippen LogP contribution >= 0.6 is 22.6 Å². The number of nitrogens with zero attached hydrogens (tertiary/aromatic N) is 1. The molecular formula is C19H29IN2O2. The van der Waals surface area contributed by atoms with Gasteiger partial charge in [-0.3, -0.25) is 0 Å². The number of nitrogens with one attached hydrogen (secondary N) is 1. The predicted octanol–water partition coefficient (Wildman–Crippen LogP) is 4.81. The average molecular weight is 444 g/mol. The Balaban J connectivity index is 1.74. The number of hydrogen-bond acceptors (Lipinski definition) is 3. The van der Waals surface area contributed by atoms with Crippen molar-refractivity contribution in [3.63, 3.8) is 0 Å². The summed E-state index contributed by atoms with van der Waals surface area (Å²) < 4.78 is 6.60. The van der Waals surface area contributed by atoms with Crippen molar-refractivity contribution in [3.05, 3.63) is 27.8 Å². The van der Waals surface area contributed by atoms with Gasteiger partial charge in [0.15, 0.2) is 0 Å². The Morgan fingerprint density at radius 1 is 1.21 bits per heavy atom. The van der Waals surface area contributed by atoms with Gasteiger partial charge >= 0.3 is 6.09 Å². The van der Waals surface area contributed by atoms with E-state index in [-0.39, 0.29) is 12.1 Å². The van der Waals surface area contributed by atoms with E-state index in [2.05, 4.69) is 64.1 Å². The maximum atomic E-state index is 11.9. The van der Waals surface area contributed by atoms with Crippen LogP contribution in [0.3, 0.4) is 0 Å². The second kappa shape index (κ2) is 8.41. The maximum Gasteiger partial charge on any atom is 0.407 e. The lowest BCUT2D eigenvalue weighted by atomic mass is 9.85. The van der Waals surface area contributed by atoms with E-state index in [1.807, 2.05) is 20.8 Å². The minimum Gasteiger partial charge on any atom is -0.444 e. The highest BCUT2D eigenvalue weighted by Gasteiger charge is 2.25. The Hall–Kier alpha value is -0.980. The van der Waals surface area contributed by atoms with Gasteiger partial charge in [0.25, 0.3) is 0 Å². The van der Waals surface area contributed by atoms with Gasteiger partial charge in [0, 0.05) is 28.9 Å². The highest BCUT2D eigenvalue weighted by molar-refractivity contribution is 14.1. The van der Waals surface area contributed by atoms with Crippen molar-refractivity contribution < 1.29 is 9.53 Å². The summed E-state index contributed by atoms with van der Waals surface area (Å²) in [5.74, 6) is 0.686. The van der Waals surface area contributed by atoms with Gasteiger partial charge in [0.1, 0.15) is 5.60 Å². The van der Waals surface area contributed by atoms with Crippen LogP contribution in [0.25, 0.3) is 0 Å². The second-order valence-corrected chi connectivity index (χ2v) is 8.97. The number of halogens is 1. The van der Waals surface area contributed by atoms with E-state index in [1.165, 1.54) is 9.26 Å². The third-order valence-corrected chi connectivity index (χ3v) is 5.09. The molecule has 1 aromatic rings. The monoisotopic (exact) mass is 444 g/mol. The molecule has 4 nitrogen and oxygen atoms in total. The average Bonchev–Trinajstić information content (AvgIpc) is 2.48. The zero-order valence-corrected chi connectivity index (χ0v) is 17.3. The summed E-state index contributed by atoms with van der Waals surface area (Å²) in [5.41, 5.74) is 0.835. The van der Waals surface area contributed by atoms with E-state index in [4.69, 9.17) is 4.74 Å². The molecule has 1 aromatic carbocycles. The van der Waals surface area contributed by atoms with Crippen molar-refractivity contribution in [1.29, 1.82) is 0 Å². The minimum atomic E-state index is -0.433. The summed E-state index contributed by atoms with van der Waals surface area (Å²) in [7, 11) is 2.16. The molecule has 1 aliphatic carbocycles. The number of amides is 1. The largest absolute Gasteiger partial charge is 0.444 e. The summed E-state index contributed by atoms with van der Waals surface area (Å²) in [5, 5.41) is 3.01. The number of carbonyl (C=O) groups is 1. The van der Waals surface area contributed by atoms with E-state index < -0.39 is 5.60 Å². The van der Waals surface area contributed by atoms with Gasteiger partial charge in [-0.15, -0.1) is 0 Å². The standard InChI is InChI=1S/C19H29IN2O2/c1-19(2,3)24-18(23)21-16-9-5-14(6-10-16)13-22(4)17-11-7-15(20)8-12-17/h7-8,11-12,14,16H,5-6,9-10,13H2,1-4H3,(H,21,23)/t14-,16-. The number of alkyl carbamates (subject to hydrolysis) is 1. The van der Waals surface area contributed by atoms with E-state index in [0.717, 1.165) is 32.2 Å². The van der Waals surface area contributed by atoms with Crippen molar-refractivity contribution in [3.8, 4) is 0 Å². The zero-order chi connectivity index (χ0) is 17.7. The molecule has 24 heavy (non-hydrogen) atoms. The molecule has 5 heteroatoms. The fourth-order valence-electron chi connectivity index (χ4n) is 3.15. The van der Waals surface area contributed by atoms with Crippen LogP contribution < -0.4 is 10.2 Å². The van der Waals surface area contributed by atoms with E-state index in [1.54, 1.807) is 0 Å². The smallest absolute Gasteiger partial charge is 0.407 e. The molecule has 0 unspecified atom stereocenters. The predicted molar refractivity (Wildman–Crippen MR) is 108 cm³/mol. The third kappa shape index (κ3) is 6.49. The lowest BCUT2D eigenvalue weighted by Gasteiger charge is -2.32. The summed E-state index contributed by atoms with van der Waals surface area (Å²) in [4.78, 5) is 14.2. The van der Waals surface area contributed by atoms with Crippen molar-refractivity contribution in [2.45, 2.75) is 58.1 Å². The third-order valence-electron chi connectivity index (χ3n) is 4.37. The summed E-state index contributed by atoms with van der Waals surface area (Å²) in [6.45, 7) is 6.75. The van der Waals surface area contributed by atoms with Crippen molar-refractivity contribution in [2.24, 2.45) is 5.92 Å². The molecule has 0 heterocycles. The van der Waals surface area contributed by atoms with Crippen LogP contribution in [0.2, 0.25) is 0 Å². The van der Waals surface area contributed by atoms with Crippen molar-refractivity contribution in [1.82, 2.24) is 5.32 Å². The van der Waals surface area contributed by atoms with Crippen LogP contribution in [-0.2, 0) is 4.74 Å². The van der Waals surface area contributed by atoms with Gasteiger partial charge in [-0.25, -0.2) is 4.79 Å². The minimum absolute atomic E-state index is 0.250. The molecule has 0 aromatic heterocycles.